The van der Waals surface area contributed by atoms with Crippen LogP contribution in [-0.2, 0) is 4.74 Å². The van der Waals surface area contributed by atoms with Crippen LogP contribution in [0.4, 0.5) is 4.79 Å². The summed E-state index contributed by atoms with van der Waals surface area (Å²) in [6.07, 6.45) is 0. The Labute approximate surface area is 74.7 Å². The van der Waals surface area contributed by atoms with Crippen molar-refractivity contribution < 1.29 is 14.6 Å². The normalized spacial score (nSPS) is 7.10. The quantitative estimate of drug-likeness (QED) is 0.389. The zero-order valence-corrected chi connectivity index (χ0v) is 7.67. The summed E-state index contributed by atoms with van der Waals surface area (Å²) in [7, 11) is 0. The highest BCUT2D eigenvalue weighted by molar-refractivity contribution is 8.10. The molecule has 0 aliphatic heterocycles. The van der Waals surface area contributed by atoms with E-state index >= 15 is 0 Å². The fourth-order valence-corrected chi connectivity index (χ4v) is 0.370. The third-order valence-electron chi connectivity index (χ3n) is 0.268. The van der Waals surface area contributed by atoms with E-state index in [4.69, 9.17) is 9.90 Å². The number of carbonyl (C=O) groups is 1. The first kappa shape index (κ1) is 12.7. The molecule has 0 aromatic heterocycles. The van der Waals surface area contributed by atoms with Crippen LogP contribution < -0.4 is 0 Å². The molecular weight excluding hydrogens is 196 g/mol. The minimum Gasteiger partial charge on any atom is -0.479 e. The third kappa shape index (κ3) is 43.6. The molecule has 0 rings (SSSR count). The summed E-state index contributed by atoms with van der Waals surface area (Å²) in [5.74, 6) is 0. The number of thiocarbonyl (C=S) groups is 1. The molecule has 0 radical (unpaired) electrons. The van der Waals surface area contributed by atoms with E-state index in [9.17, 15) is 0 Å². The molecule has 0 bridgehead atoms. The van der Waals surface area contributed by atoms with Crippen LogP contribution in [0.15, 0.2) is 0 Å². The van der Waals surface area contributed by atoms with E-state index in [2.05, 4.69) is 41.2 Å². The van der Waals surface area contributed by atoms with Gasteiger partial charge in [-0.25, -0.2) is 4.79 Å². The Bertz CT molecular complexity index is 113. The summed E-state index contributed by atoms with van der Waals surface area (Å²) in [6, 6.07) is 0. The SMILES string of the molecule is CCOC(=S)S.O=C(O)Cl. The fourth-order valence-electron chi connectivity index (χ4n) is 0.123. The Morgan fingerprint density at radius 2 is 2.20 bits per heavy atom. The molecule has 0 atom stereocenters. The monoisotopic (exact) mass is 202 g/mol. The van der Waals surface area contributed by atoms with Gasteiger partial charge in [-0.1, -0.05) is 12.6 Å². The van der Waals surface area contributed by atoms with Gasteiger partial charge in [0.25, 0.3) is 0 Å². The molecule has 0 aromatic rings. The molecule has 0 saturated carbocycles. The molecule has 6 heteroatoms. The highest BCUT2D eigenvalue weighted by Gasteiger charge is 1.77. The van der Waals surface area contributed by atoms with Gasteiger partial charge in [-0.05, 0) is 19.1 Å². The first-order valence-electron chi connectivity index (χ1n) is 2.24. The number of hydrogen-bond donors (Lipinski definition) is 2. The van der Waals surface area contributed by atoms with E-state index in [0.29, 0.717) is 11.0 Å². The van der Waals surface area contributed by atoms with Gasteiger partial charge in [-0.2, -0.15) is 0 Å². The molecule has 0 fully saturated rings. The van der Waals surface area contributed by atoms with E-state index in [0.717, 1.165) is 0 Å². The molecule has 0 spiro atoms. The van der Waals surface area contributed by atoms with Crippen molar-refractivity contribution in [1.29, 1.82) is 0 Å². The van der Waals surface area contributed by atoms with Gasteiger partial charge in [0.2, 0.25) is 4.38 Å². The average Bonchev–Trinajstić information content (AvgIpc) is 1.62. The van der Waals surface area contributed by atoms with Crippen molar-refractivity contribution in [2.24, 2.45) is 0 Å². The number of hydrogen-bond acceptors (Lipinski definition) is 3. The predicted octanol–water partition coefficient (Wildman–Crippen LogP) is 2.14. The minimum absolute atomic E-state index is 0.317. The standard InChI is InChI=1S/C3H6OS2.CHClO2/c1-2-4-3(5)6;2-1(3)4/h2H2,1H3,(H,5,6);(H,3,4). The van der Waals surface area contributed by atoms with Crippen molar-refractivity contribution in [3.8, 4) is 0 Å². The summed E-state index contributed by atoms with van der Waals surface area (Å²) in [5, 5.41) is 7.18. The molecule has 0 amide bonds. The van der Waals surface area contributed by atoms with Gasteiger partial charge >= 0.3 is 5.43 Å². The van der Waals surface area contributed by atoms with Crippen molar-refractivity contribution in [3.05, 3.63) is 0 Å². The molecular formula is C4H7ClO3S2. The van der Waals surface area contributed by atoms with Crippen LogP contribution in [-0.4, -0.2) is 21.5 Å². The van der Waals surface area contributed by atoms with E-state index in [1.165, 1.54) is 0 Å². The van der Waals surface area contributed by atoms with Crippen LogP contribution in [0.3, 0.4) is 0 Å². The van der Waals surface area contributed by atoms with E-state index < -0.39 is 5.43 Å². The maximum Gasteiger partial charge on any atom is 0.401 e. The van der Waals surface area contributed by atoms with Crippen molar-refractivity contribution in [2.45, 2.75) is 6.92 Å². The lowest BCUT2D eigenvalue weighted by Gasteiger charge is -1.92. The third-order valence-corrected chi connectivity index (χ3v) is 0.515. The van der Waals surface area contributed by atoms with Crippen LogP contribution in [0.1, 0.15) is 6.92 Å². The highest BCUT2D eigenvalue weighted by Crippen LogP contribution is 1.83. The Morgan fingerprint density at radius 1 is 1.90 bits per heavy atom. The Morgan fingerprint density at radius 3 is 2.20 bits per heavy atom. The molecule has 0 unspecified atom stereocenters. The summed E-state index contributed by atoms with van der Waals surface area (Å²) in [6.45, 7) is 2.48. The van der Waals surface area contributed by atoms with Crippen LogP contribution >= 0.6 is 36.4 Å². The number of rotatable bonds is 1. The fraction of sp³-hybridized carbons (Fsp3) is 0.500. The molecule has 1 N–H and O–H groups in total. The number of halogens is 1. The maximum absolute atomic E-state index is 8.77. The Hall–Kier alpha value is -0.0000000000000000555. The Kier molecular flexibility index (Phi) is 11.4. The molecule has 0 heterocycles. The second-order valence-electron chi connectivity index (χ2n) is 0.952. The second kappa shape index (κ2) is 9.00. The predicted molar refractivity (Wildman–Crippen MR) is 47.1 cm³/mol. The van der Waals surface area contributed by atoms with E-state index in [1.807, 2.05) is 6.92 Å². The topological polar surface area (TPSA) is 46.5 Å². The van der Waals surface area contributed by atoms with Gasteiger partial charge < -0.3 is 9.84 Å². The lowest BCUT2D eigenvalue weighted by molar-refractivity contribution is 0.220. The van der Waals surface area contributed by atoms with Crippen LogP contribution in [0.2, 0.25) is 0 Å². The first-order chi connectivity index (χ1) is 4.50. The van der Waals surface area contributed by atoms with Gasteiger partial charge in [-0.15, -0.1) is 0 Å². The van der Waals surface area contributed by atoms with Gasteiger partial charge in [0, 0.05) is 11.6 Å². The average molecular weight is 203 g/mol. The smallest absolute Gasteiger partial charge is 0.401 e. The van der Waals surface area contributed by atoms with Crippen molar-refractivity contribution in [3.63, 3.8) is 0 Å². The van der Waals surface area contributed by atoms with Crippen LogP contribution in [0.5, 0.6) is 0 Å². The highest BCUT2D eigenvalue weighted by atomic mass is 35.5. The van der Waals surface area contributed by atoms with E-state index in [-0.39, 0.29) is 0 Å². The molecule has 0 aliphatic rings. The zero-order valence-electron chi connectivity index (χ0n) is 5.20. The molecule has 0 aromatic carbocycles. The summed E-state index contributed by atoms with van der Waals surface area (Å²) < 4.78 is 4.95. The largest absolute Gasteiger partial charge is 0.479 e. The lowest BCUT2D eigenvalue weighted by Crippen LogP contribution is -1.89. The molecule has 10 heavy (non-hydrogen) atoms. The molecule has 3 nitrogen and oxygen atoms in total. The maximum atomic E-state index is 8.77. The van der Waals surface area contributed by atoms with Gasteiger partial charge in [0.1, 0.15) is 0 Å². The van der Waals surface area contributed by atoms with E-state index in [1.54, 1.807) is 0 Å². The summed E-state index contributed by atoms with van der Waals surface area (Å²) in [4.78, 5) is 8.77. The van der Waals surface area contributed by atoms with Crippen molar-refractivity contribution >= 4 is 46.3 Å². The molecule has 0 aliphatic carbocycles. The van der Waals surface area contributed by atoms with Crippen LogP contribution in [0.25, 0.3) is 0 Å². The lowest BCUT2D eigenvalue weighted by atomic mass is 10.9. The summed E-state index contributed by atoms with van der Waals surface area (Å²) in [5.41, 5.74) is -1.36. The van der Waals surface area contributed by atoms with Crippen LogP contribution in [0, 0.1) is 0 Å². The van der Waals surface area contributed by atoms with Gasteiger partial charge in [-0.3, -0.25) is 0 Å². The van der Waals surface area contributed by atoms with Crippen molar-refractivity contribution in [1.82, 2.24) is 0 Å². The van der Waals surface area contributed by atoms with Crippen molar-refractivity contribution in [2.75, 3.05) is 6.61 Å². The summed E-state index contributed by atoms with van der Waals surface area (Å²) >= 11 is 12.3. The Balaban J connectivity index is 0. The first-order valence-corrected chi connectivity index (χ1v) is 3.48. The van der Waals surface area contributed by atoms with Gasteiger partial charge in [0.05, 0.1) is 6.61 Å². The minimum atomic E-state index is -1.36. The number of thiol groups is 1. The molecule has 60 valence electrons. The second-order valence-corrected chi connectivity index (χ2v) is 2.35. The molecule has 0 saturated heterocycles. The number of ether oxygens (including phenoxy) is 1. The number of carboxylic acid groups (broad SMARTS) is 1. The van der Waals surface area contributed by atoms with Gasteiger partial charge in [0.15, 0.2) is 0 Å². The zero-order chi connectivity index (χ0) is 8.57.